The summed E-state index contributed by atoms with van der Waals surface area (Å²) in [5, 5.41) is 0.658. The van der Waals surface area contributed by atoms with E-state index >= 15 is 0 Å². The van der Waals surface area contributed by atoms with Gasteiger partial charge in [-0.15, -0.1) is 6.58 Å². The van der Waals surface area contributed by atoms with E-state index in [4.69, 9.17) is 32.7 Å². The molecule has 0 spiro atoms. The molecule has 1 saturated heterocycles. The van der Waals surface area contributed by atoms with E-state index in [0.717, 1.165) is 22.2 Å². The van der Waals surface area contributed by atoms with E-state index in [0.29, 0.717) is 38.6 Å². The van der Waals surface area contributed by atoms with Crippen LogP contribution in [0.3, 0.4) is 0 Å². The molecule has 1 aliphatic heterocycles. The van der Waals surface area contributed by atoms with Crippen molar-refractivity contribution in [1.29, 1.82) is 0 Å². The molecule has 5 nitrogen and oxygen atoms in total. The molecule has 2 aromatic rings. The van der Waals surface area contributed by atoms with Crippen LogP contribution in [0.5, 0.6) is 11.5 Å². The van der Waals surface area contributed by atoms with Crippen LogP contribution in [-0.2, 0) is 11.4 Å². The molecule has 2 amide bonds. The fourth-order valence-corrected chi connectivity index (χ4v) is 4.00. The van der Waals surface area contributed by atoms with Crippen LogP contribution in [0.2, 0.25) is 10.0 Å². The Morgan fingerprint density at radius 1 is 1.13 bits per heavy atom. The van der Waals surface area contributed by atoms with Crippen LogP contribution >= 0.6 is 35.0 Å². The molecular weight excluding hydrogens is 445 g/mol. The number of hydrogen-bond acceptors (Lipinski definition) is 5. The van der Waals surface area contributed by atoms with Crippen LogP contribution in [-0.4, -0.2) is 29.2 Å². The summed E-state index contributed by atoms with van der Waals surface area (Å²) >= 11 is 13.2. The van der Waals surface area contributed by atoms with Gasteiger partial charge in [0.15, 0.2) is 11.5 Å². The number of nitrogens with zero attached hydrogens (tertiary/aromatic N) is 1. The molecule has 0 unspecified atom stereocenters. The van der Waals surface area contributed by atoms with Crippen molar-refractivity contribution in [1.82, 2.24) is 4.90 Å². The zero-order valence-corrected chi connectivity index (χ0v) is 18.5. The number of thioether (sulfide) groups is 1. The molecule has 1 fully saturated rings. The van der Waals surface area contributed by atoms with Gasteiger partial charge in [0, 0.05) is 11.6 Å². The molecule has 0 radical (unpaired) electrons. The van der Waals surface area contributed by atoms with Crippen molar-refractivity contribution >= 4 is 52.2 Å². The first-order chi connectivity index (χ1) is 14.4. The van der Waals surface area contributed by atoms with Gasteiger partial charge in [0.1, 0.15) is 6.61 Å². The molecule has 30 heavy (non-hydrogen) atoms. The third kappa shape index (κ3) is 5.19. The summed E-state index contributed by atoms with van der Waals surface area (Å²) < 4.78 is 11.6. The van der Waals surface area contributed by atoms with Crippen molar-refractivity contribution in [3.8, 4) is 11.5 Å². The molecule has 0 N–H and O–H groups in total. The highest BCUT2D eigenvalue weighted by atomic mass is 35.5. The van der Waals surface area contributed by atoms with Gasteiger partial charge in [-0.1, -0.05) is 41.4 Å². The Hall–Kier alpha value is -2.41. The second-order valence-corrected chi connectivity index (χ2v) is 8.10. The van der Waals surface area contributed by atoms with Crippen molar-refractivity contribution in [2.75, 3.05) is 13.2 Å². The van der Waals surface area contributed by atoms with Crippen LogP contribution in [0.25, 0.3) is 6.08 Å². The number of rotatable bonds is 8. The Morgan fingerprint density at radius 2 is 1.87 bits per heavy atom. The van der Waals surface area contributed by atoms with Crippen molar-refractivity contribution in [3.05, 3.63) is 75.1 Å². The third-order valence-electron chi connectivity index (χ3n) is 4.11. The lowest BCUT2D eigenvalue weighted by molar-refractivity contribution is -0.122. The Balaban J connectivity index is 1.85. The fraction of sp³-hybridized carbons (Fsp3) is 0.182. The summed E-state index contributed by atoms with van der Waals surface area (Å²) in [5.74, 6) is 0.503. The monoisotopic (exact) mass is 463 g/mol. The normalized spacial score (nSPS) is 15.0. The fourth-order valence-electron chi connectivity index (χ4n) is 2.75. The molecule has 3 rings (SSSR count). The lowest BCUT2D eigenvalue weighted by Gasteiger charge is -2.15. The van der Waals surface area contributed by atoms with Crippen LogP contribution in [0, 0.1) is 0 Å². The van der Waals surface area contributed by atoms with E-state index in [9.17, 15) is 9.59 Å². The van der Waals surface area contributed by atoms with Gasteiger partial charge in [0.05, 0.1) is 16.5 Å². The molecule has 1 aliphatic rings. The standard InChI is InChI=1S/C22H19Cl2NO4S/c1-3-9-25-21(26)19(30-22(25)27)12-15-10-17(24)20(18(11-15)28-4-2)29-13-14-5-7-16(23)8-6-14/h3,5-8,10-12H,1,4,9,13H2,2H3/b19-12+. The summed E-state index contributed by atoms with van der Waals surface area (Å²) in [6.07, 6.45) is 3.13. The zero-order chi connectivity index (χ0) is 21.7. The number of imide groups is 1. The molecule has 0 aromatic heterocycles. The maximum atomic E-state index is 12.4. The van der Waals surface area contributed by atoms with Crippen molar-refractivity contribution in [2.24, 2.45) is 0 Å². The number of carbonyl (C=O) groups excluding carboxylic acids is 2. The van der Waals surface area contributed by atoms with Crippen LogP contribution in [0.15, 0.2) is 54.0 Å². The summed E-state index contributed by atoms with van der Waals surface area (Å²) in [6.45, 7) is 6.29. The number of ether oxygens (including phenoxy) is 2. The van der Waals surface area contributed by atoms with Gasteiger partial charge < -0.3 is 9.47 Å². The lowest BCUT2D eigenvalue weighted by atomic mass is 10.1. The number of amides is 2. The molecule has 156 valence electrons. The minimum atomic E-state index is -0.359. The highest BCUT2D eigenvalue weighted by Crippen LogP contribution is 2.39. The summed E-state index contributed by atoms with van der Waals surface area (Å²) in [6, 6.07) is 10.7. The number of hydrogen-bond donors (Lipinski definition) is 0. The van der Waals surface area contributed by atoms with Gasteiger partial charge in [-0.25, -0.2) is 0 Å². The maximum Gasteiger partial charge on any atom is 0.293 e. The van der Waals surface area contributed by atoms with E-state index in [1.165, 1.54) is 6.08 Å². The number of benzene rings is 2. The quantitative estimate of drug-likeness (QED) is 0.344. The molecule has 1 heterocycles. The molecule has 0 saturated carbocycles. The highest BCUT2D eigenvalue weighted by molar-refractivity contribution is 8.18. The van der Waals surface area contributed by atoms with Crippen molar-refractivity contribution < 1.29 is 19.1 Å². The minimum Gasteiger partial charge on any atom is -0.490 e. The predicted octanol–water partition coefficient (Wildman–Crippen LogP) is 6.19. The number of halogens is 2. The SMILES string of the molecule is C=CCN1C(=O)S/C(=C/c2cc(Cl)c(OCc3ccc(Cl)cc3)c(OCC)c2)C1=O. The smallest absolute Gasteiger partial charge is 0.293 e. The van der Waals surface area contributed by atoms with E-state index in [2.05, 4.69) is 6.58 Å². The summed E-state index contributed by atoms with van der Waals surface area (Å²) in [4.78, 5) is 25.9. The zero-order valence-electron chi connectivity index (χ0n) is 16.2. The Kier molecular flexibility index (Phi) is 7.48. The van der Waals surface area contributed by atoms with Gasteiger partial charge in [-0.05, 0) is 60.2 Å². The van der Waals surface area contributed by atoms with Gasteiger partial charge in [-0.3, -0.25) is 14.5 Å². The molecule has 0 atom stereocenters. The van der Waals surface area contributed by atoms with E-state index in [1.54, 1.807) is 30.3 Å². The molecule has 2 aromatic carbocycles. The Morgan fingerprint density at radius 3 is 2.53 bits per heavy atom. The largest absolute Gasteiger partial charge is 0.490 e. The van der Waals surface area contributed by atoms with Crippen LogP contribution < -0.4 is 9.47 Å². The van der Waals surface area contributed by atoms with Crippen molar-refractivity contribution in [3.63, 3.8) is 0 Å². The lowest BCUT2D eigenvalue weighted by Crippen LogP contribution is -2.27. The van der Waals surface area contributed by atoms with Gasteiger partial charge >= 0.3 is 0 Å². The Bertz CT molecular complexity index is 1000. The summed E-state index contributed by atoms with van der Waals surface area (Å²) in [5.41, 5.74) is 1.56. The average molecular weight is 464 g/mol. The van der Waals surface area contributed by atoms with Crippen LogP contribution in [0.4, 0.5) is 4.79 Å². The second-order valence-electron chi connectivity index (χ2n) is 6.26. The summed E-state index contributed by atoms with van der Waals surface area (Å²) in [7, 11) is 0. The molecule has 0 bridgehead atoms. The topological polar surface area (TPSA) is 55.8 Å². The second kappa shape index (κ2) is 10.1. The third-order valence-corrected chi connectivity index (χ3v) is 5.55. The predicted molar refractivity (Wildman–Crippen MR) is 121 cm³/mol. The van der Waals surface area contributed by atoms with E-state index < -0.39 is 0 Å². The molecule has 0 aliphatic carbocycles. The first-order valence-electron chi connectivity index (χ1n) is 9.12. The van der Waals surface area contributed by atoms with Gasteiger partial charge in [0.25, 0.3) is 11.1 Å². The van der Waals surface area contributed by atoms with Gasteiger partial charge in [-0.2, -0.15) is 0 Å². The van der Waals surface area contributed by atoms with E-state index in [-0.39, 0.29) is 24.3 Å². The average Bonchev–Trinajstić information content (AvgIpc) is 2.97. The number of carbonyl (C=O) groups is 2. The highest BCUT2D eigenvalue weighted by Gasteiger charge is 2.34. The maximum absolute atomic E-state index is 12.4. The first kappa shape index (κ1) is 22.3. The van der Waals surface area contributed by atoms with Crippen molar-refractivity contribution in [2.45, 2.75) is 13.5 Å². The molecular formula is C22H19Cl2NO4S. The Labute approximate surface area is 189 Å². The minimum absolute atomic E-state index is 0.171. The first-order valence-corrected chi connectivity index (χ1v) is 10.7. The van der Waals surface area contributed by atoms with E-state index in [1.807, 2.05) is 19.1 Å². The van der Waals surface area contributed by atoms with Gasteiger partial charge in [0.2, 0.25) is 0 Å². The van der Waals surface area contributed by atoms with Crippen LogP contribution in [0.1, 0.15) is 18.1 Å². The molecule has 8 heteroatoms.